The summed E-state index contributed by atoms with van der Waals surface area (Å²) in [6, 6.07) is 22.1. The highest BCUT2D eigenvalue weighted by Crippen LogP contribution is 2.28. The summed E-state index contributed by atoms with van der Waals surface area (Å²) in [5, 5.41) is 10.9. The van der Waals surface area contributed by atoms with Gasteiger partial charge in [-0.05, 0) is 12.5 Å². The maximum Gasteiger partial charge on any atom is 0.320 e. The minimum absolute atomic E-state index is 0.0147. The summed E-state index contributed by atoms with van der Waals surface area (Å²) in [4.78, 5) is 15.3. The van der Waals surface area contributed by atoms with E-state index in [4.69, 9.17) is 4.74 Å². The van der Waals surface area contributed by atoms with Crippen molar-refractivity contribution in [2.24, 2.45) is 0 Å². The molecule has 2 heterocycles. The van der Waals surface area contributed by atoms with E-state index in [0.29, 0.717) is 19.0 Å². The summed E-state index contributed by atoms with van der Waals surface area (Å²) >= 11 is 0. The number of amides is 2. The quantitative estimate of drug-likeness (QED) is 0.567. The zero-order valence-electron chi connectivity index (χ0n) is 18.7. The lowest BCUT2D eigenvalue weighted by Crippen LogP contribution is -2.42. The van der Waals surface area contributed by atoms with E-state index < -0.39 is 0 Å². The number of nitrogens with zero attached hydrogens (tertiary/aromatic N) is 3. The van der Waals surface area contributed by atoms with Gasteiger partial charge in [0, 0.05) is 50.8 Å². The summed E-state index contributed by atoms with van der Waals surface area (Å²) in [5.74, 6) is 0.920. The monoisotopic (exact) mass is 433 g/mol. The molecule has 0 radical (unpaired) electrons. The predicted octanol–water partition coefficient (Wildman–Crippen LogP) is 3.81. The standard InChI is InChI=1S/C25H31N5O2/c1-3-30-24(16-22(28-30)20-12-8-5-9-13-20)27-25(31)26-23-18-29(14-15-32-2)17-21(23)19-10-6-4-7-11-19/h4-13,16,21,23H,3,14-15,17-18H2,1-2H3,(H2,26,27,31)/t21-,23+/m0/s1. The van der Waals surface area contributed by atoms with Crippen LogP contribution in [0.5, 0.6) is 0 Å². The summed E-state index contributed by atoms with van der Waals surface area (Å²) in [6.45, 7) is 5.90. The summed E-state index contributed by atoms with van der Waals surface area (Å²) in [5.41, 5.74) is 3.11. The molecule has 0 saturated carbocycles. The second-order valence-electron chi connectivity index (χ2n) is 8.07. The Morgan fingerprint density at radius 3 is 2.50 bits per heavy atom. The lowest BCUT2D eigenvalue weighted by atomic mass is 9.94. The fourth-order valence-corrected chi connectivity index (χ4v) is 4.30. The van der Waals surface area contributed by atoms with E-state index >= 15 is 0 Å². The van der Waals surface area contributed by atoms with Crippen LogP contribution in [0.4, 0.5) is 10.6 Å². The summed E-state index contributed by atoms with van der Waals surface area (Å²) in [7, 11) is 1.72. The lowest BCUT2D eigenvalue weighted by molar-refractivity contribution is 0.159. The number of ether oxygens (including phenoxy) is 1. The van der Waals surface area contributed by atoms with Crippen molar-refractivity contribution in [1.82, 2.24) is 20.0 Å². The molecule has 1 aliphatic rings. The second-order valence-corrected chi connectivity index (χ2v) is 8.07. The molecule has 7 heteroatoms. The van der Waals surface area contributed by atoms with Gasteiger partial charge in [-0.3, -0.25) is 10.2 Å². The second kappa shape index (κ2) is 10.4. The number of benzene rings is 2. The number of likely N-dealkylation sites (tertiary alicyclic amines) is 1. The number of carbonyl (C=O) groups is 1. The van der Waals surface area contributed by atoms with Crippen molar-refractivity contribution < 1.29 is 9.53 Å². The topological polar surface area (TPSA) is 71.4 Å². The smallest absolute Gasteiger partial charge is 0.320 e. The van der Waals surface area contributed by atoms with Crippen LogP contribution >= 0.6 is 0 Å². The van der Waals surface area contributed by atoms with Gasteiger partial charge in [-0.15, -0.1) is 0 Å². The highest BCUT2D eigenvalue weighted by molar-refractivity contribution is 5.89. The molecule has 168 valence electrons. The molecule has 0 aliphatic carbocycles. The Hall–Kier alpha value is -3.16. The highest BCUT2D eigenvalue weighted by atomic mass is 16.5. The molecule has 0 spiro atoms. The molecule has 0 unspecified atom stereocenters. The highest BCUT2D eigenvalue weighted by Gasteiger charge is 2.34. The fourth-order valence-electron chi connectivity index (χ4n) is 4.30. The molecule has 1 saturated heterocycles. The Morgan fingerprint density at radius 2 is 1.81 bits per heavy atom. The molecule has 1 fully saturated rings. The first-order valence-electron chi connectivity index (χ1n) is 11.1. The van der Waals surface area contributed by atoms with Gasteiger partial charge in [0.2, 0.25) is 0 Å². The minimum atomic E-state index is -0.210. The van der Waals surface area contributed by atoms with Crippen LogP contribution < -0.4 is 10.6 Å². The van der Waals surface area contributed by atoms with Crippen LogP contribution in [-0.2, 0) is 11.3 Å². The third-order valence-corrected chi connectivity index (χ3v) is 5.94. The van der Waals surface area contributed by atoms with Crippen LogP contribution in [0.3, 0.4) is 0 Å². The first kappa shape index (κ1) is 22.0. The average molecular weight is 434 g/mol. The van der Waals surface area contributed by atoms with Gasteiger partial charge in [0.05, 0.1) is 18.3 Å². The molecule has 2 aromatic carbocycles. The number of anilines is 1. The number of carbonyl (C=O) groups excluding carboxylic acids is 1. The zero-order valence-corrected chi connectivity index (χ0v) is 18.7. The molecule has 2 atom stereocenters. The van der Waals surface area contributed by atoms with E-state index in [1.54, 1.807) is 7.11 Å². The third-order valence-electron chi connectivity index (χ3n) is 5.94. The molecule has 2 N–H and O–H groups in total. The summed E-state index contributed by atoms with van der Waals surface area (Å²) < 4.78 is 7.07. The number of hydrogen-bond donors (Lipinski definition) is 2. The van der Waals surface area contributed by atoms with Crippen molar-refractivity contribution in [2.45, 2.75) is 25.4 Å². The normalized spacial score (nSPS) is 18.6. The Labute approximate surface area is 189 Å². The van der Waals surface area contributed by atoms with Gasteiger partial charge in [0.15, 0.2) is 0 Å². The van der Waals surface area contributed by atoms with Gasteiger partial charge < -0.3 is 10.1 Å². The Balaban J connectivity index is 1.47. The van der Waals surface area contributed by atoms with Crippen molar-refractivity contribution in [3.63, 3.8) is 0 Å². The fraction of sp³-hybridized carbons (Fsp3) is 0.360. The van der Waals surface area contributed by atoms with Crippen LogP contribution in [0.2, 0.25) is 0 Å². The van der Waals surface area contributed by atoms with Gasteiger partial charge in [-0.1, -0.05) is 60.7 Å². The van der Waals surface area contributed by atoms with Crippen molar-refractivity contribution in [3.8, 4) is 11.3 Å². The van der Waals surface area contributed by atoms with E-state index in [2.05, 4.69) is 44.9 Å². The number of methoxy groups -OCH3 is 1. The Kier molecular flexibility index (Phi) is 7.19. The summed E-state index contributed by atoms with van der Waals surface area (Å²) in [6.07, 6.45) is 0. The van der Waals surface area contributed by atoms with E-state index in [1.807, 2.05) is 54.1 Å². The van der Waals surface area contributed by atoms with Crippen LogP contribution in [0, 0.1) is 0 Å². The number of urea groups is 1. The van der Waals surface area contributed by atoms with Gasteiger partial charge in [-0.2, -0.15) is 5.10 Å². The van der Waals surface area contributed by atoms with Crippen LogP contribution in [0.25, 0.3) is 11.3 Å². The number of hydrogen-bond acceptors (Lipinski definition) is 4. The molecule has 1 aliphatic heterocycles. The van der Waals surface area contributed by atoms with E-state index in [0.717, 1.165) is 30.9 Å². The van der Waals surface area contributed by atoms with Gasteiger partial charge in [-0.25, -0.2) is 9.48 Å². The van der Waals surface area contributed by atoms with Crippen LogP contribution in [0.15, 0.2) is 66.7 Å². The van der Waals surface area contributed by atoms with Crippen molar-refractivity contribution in [1.29, 1.82) is 0 Å². The largest absolute Gasteiger partial charge is 0.383 e. The molecule has 3 aromatic rings. The maximum atomic E-state index is 13.0. The molecular formula is C25H31N5O2. The van der Waals surface area contributed by atoms with Gasteiger partial charge in [0.25, 0.3) is 0 Å². The number of aryl methyl sites for hydroxylation is 1. The van der Waals surface area contributed by atoms with Gasteiger partial charge >= 0.3 is 6.03 Å². The zero-order chi connectivity index (χ0) is 22.3. The van der Waals surface area contributed by atoms with Crippen LogP contribution in [-0.4, -0.2) is 60.1 Å². The maximum absolute atomic E-state index is 13.0. The molecule has 32 heavy (non-hydrogen) atoms. The Bertz CT molecular complexity index is 1010. The number of aromatic nitrogens is 2. The van der Waals surface area contributed by atoms with E-state index in [-0.39, 0.29) is 18.0 Å². The van der Waals surface area contributed by atoms with Crippen molar-refractivity contribution >= 4 is 11.8 Å². The van der Waals surface area contributed by atoms with Crippen molar-refractivity contribution in [3.05, 3.63) is 72.3 Å². The number of rotatable bonds is 8. The third kappa shape index (κ3) is 5.18. The van der Waals surface area contributed by atoms with E-state index in [1.165, 1.54) is 5.56 Å². The Morgan fingerprint density at radius 1 is 1.09 bits per heavy atom. The molecule has 7 nitrogen and oxygen atoms in total. The lowest BCUT2D eigenvalue weighted by Gasteiger charge is -2.20. The number of nitrogens with one attached hydrogen (secondary N) is 2. The molecular weight excluding hydrogens is 402 g/mol. The minimum Gasteiger partial charge on any atom is -0.383 e. The average Bonchev–Trinajstić information content (AvgIpc) is 3.42. The first-order chi connectivity index (χ1) is 15.7. The predicted molar refractivity (Wildman–Crippen MR) is 127 cm³/mol. The van der Waals surface area contributed by atoms with Gasteiger partial charge in [0.1, 0.15) is 5.82 Å². The SMILES string of the molecule is CCn1nc(-c2ccccc2)cc1NC(=O)N[C@@H]1CN(CCOC)C[C@H]1c1ccccc1. The van der Waals surface area contributed by atoms with Crippen molar-refractivity contribution in [2.75, 3.05) is 38.7 Å². The molecule has 2 amide bonds. The molecule has 0 bridgehead atoms. The van der Waals surface area contributed by atoms with E-state index in [9.17, 15) is 4.79 Å². The van der Waals surface area contributed by atoms with Crippen LogP contribution in [0.1, 0.15) is 18.4 Å². The first-order valence-corrected chi connectivity index (χ1v) is 11.1. The molecule has 1 aromatic heterocycles. The molecule has 4 rings (SSSR count).